The summed E-state index contributed by atoms with van der Waals surface area (Å²) in [5.41, 5.74) is 6.10. The minimum absolute atomic E-state index is 0.0530. The Kier molecular flexibility index (Phi) is 5.20. The lowest BCUT2D eigenvalue weighted by Crippen LogP contribution is -2.52. The van der Waals surface area contributed by atoms with E-state index < -0.39 is 5.54 Å². The van der Waals surface area contributed by atoms with Crippen molar-refractivity contribution < 1.29 is 19.4 Å². The zero-order valence-electron chi connectivity index (χ0n) is 12.4. The molecule has 0 aromatic heterocycles. The van der Waals surface area contributed by atoms with Crippen molar-refractivity contribution >= 4 is 5.97 Å². The molecule has 2 rings (SSSR count). The molecule has 0 saturated heterocycles. The van der Waals surface area contributed by atoms with Gasteiger partial charge in [-0.3, -0.25) is 4.79 Å². The van der Waals surface area contributed by atoms with Gasteiger partial charge in [0.05, 0.1) is 20.3 Å². The number of methoxy groups -OCH3 is 1. The third-order valence-corrected chi connectivity index (χ3v) is 4.30. The van der Waals surface area contributed by atoms with Crippen molar-refractivity contribution in [1.82, 2.24) is 0 Å². The molecule has 3 N–H and O–H groups in total. The summed E-state index contributed by atoms with van der Waals surface area (Å²) >= 11 is 0. The highest BCUT2D eigenvalue weighted by Gasteiger charge is 2.46. The van der Waals surface area contributed by atoms with Gasteiger partial charge in [0.1, 0.15) is 11.3 Å². The average molecular weight is 293 g/mol. The van der Waals surface area contributed by atoms with Crippen LogP contribution in [0.4, 0.5) is 0 Å². The number of hydrogen-bond acceptors (Lipinski definition) is 5. The van der Waals surface area contributed by atoms with Crippen LogP contribution in [0.1, 0.15) is 31.2 Å². The van der Waals surface area contributed by atoms with E-state index in [4.69, 9.17) is 15.2 Å². The Balaban J connectivity index is 1.92. The van der Waals surface area contributed by atoms with Crippen molar-refractivity contribution in [2.45, 2.75) is 37.8 Å². The van der Waals surface area contributed by atoms with Crippen LogP contribution in [0.5, 0.6) is 5.75 Å². The standard InChI is InChI=1S/C16H23NO4/c1-20-15(19)16(17)9-4-6-13(16)8-10-21-14-7-3-2-5-12(14)11-18/h2-3,5,7,13,18H,4,6,8-11,17H2,1H3. The van der Waals surface area contributed by atoms with Crippen LogP contribution >= 0.6 is 0 Å². The number of benzene rings is 1. The van der Waals surface area contributed by atoms with Gasteiger partial charge >= 0.3 is 5.97 Å². The first-order valence-electron chi connectivity index (χ1n) is 7.30. The molecule has 1 aliphatic carbocycles. The number of esters is 1. The summed E-state index contributed by atoms with van der Waals surface area (Å²) in [7, 11) is 1.38. The summed E-state index contributed by atoms with van der Waals surface area (Å²) < 4.78 is 10.6. The fourth-order valence-corrected chi connectivity index (χ4v) is 3.05. The summed E-state index contributed by atoms with van der Waals surface area (Å²) in [6.45, 7) is 0.417. The maximum Gasteiger partial charge on any atom is 0.326 e. The number of nitrogens with two attached hydrogens (primary N) is 1. The van der Waals surface area contributed by atoms with Gasteiger partial charge in [-0.05, 0) is 31.2 Å². The van der Waals surface area contributed by atoms with Gasteiger partial charge in [0.15, 0.2) is 0 Å². The van der Waals surface area contributed by atoms with Crippen LogP contribution in [-0.2, 0) is 16.1 Å². The fraction of sp³-hybridized carbons (Fsp3) is 0.562. The number of aliphatic hydroxyl groups excluding tert-OH is 1. The molecule has 2 unspecified atom stereocenters. The van der Waals surface area contributed by atoms with E-state index in [9.17, 15) is 9.90 Å². The summed E-state index contributed by atoms with van der Waals surface area (Å²) in [6.07, 6.45) is 3.21. The van der Waals surface area contributed by atoms with Gasteiger partial charge in [-0.1, -0.05) is 24.6 Å². The van der Waals surface area contributed by atoms with Gasteiger partial charge < -0.3 is 20.3 Å². The molecular formula is C16H23NO4. The normalized spacial score (nSPS) is 24.8. The lowest BCUT2D eigenvalue weighted by Gasteiger charge is -2.28. The molecule has 1 aromatic carbocycles. The Morgan fingerprint density at radius 1 is 1.48 bits per heavy atom. The van der Waals surface area contributed by atoms with E-state index in [1.807, 2.05) is 24.3 Å². The van der Waals surface area contributed by atoms with Gasteiger partial charge in [0.2, 0.25) is 0 Å². The van der Waals surface area contributed by atoms with Crippen molar-refractivity contribution in [2.75, 3.05) is 13.7 Å². The largest absolute Gasteiger partial charge is 0.493 e. The molecule has 21 heavy (non-hydrogen) atoms. The topological polar surface area (TPSA) is 81.8 Å². The molecule has 2 atom stereocenters. The van der Waals surface area contributed by atoms with Gasteiger partial charge in [0, 0.05) is 5.56 Å². The van der Waals surface area contributed by atoms with Crippen molar-refractivity contribution in [3.63, 3.8) is 0 Å². The maximum atomic E-state index is 11.9. The second-order valence-corrected chi connectivity index (χ2v) is 5.52. The maximum absolute atomic E-state index is 11.9. The molecular weight excluding hydrogens is 270 g/mol. The number of rotatable bonds is 6. The number of carbonyl (C=O) groups is 1. The van der Waals surface area contributed by atoms with Crippen LogP contribution in [0.25, 0.3) is 0 Å². The second kappa shape index (κ2) is 6.91. The van der Waals surface area contributed by atoms with E-state index in [0.717, 1.165) is 18.4 Å². The van der Waals surface area contributed by atoms with E-state index in [1.165, 1.54) is 7.11 Å². The number of carbonyl (C=O) groups excluding carboxylic acids is 1. The van der Waals surface area contributed by atoms with Crippen LogP contribution in [0.2, 0.25) is 0 Å². The predicted octanol–water partition coefficient (Wildman–Crippen LogP) is 1.62. The van der Waals surface area contributed by atoms with Crippen molar-refractivity contribution in [1.29, 1.82) is 0 Å². The van der Waals surface area contributed by atoms with Gasteiger partial charge in [-0.2, -0.15) is 0 Å². The van der Waals surface area contributed by atoms with E-state index >= 15 is 0 Å². The molecule has 0 spiro atoms. The minimum atomic E-state index is -0.880. The molecule has 5 heteroatoms. The van der Waals surface area contributed by atoms with Crippen LogP contribution in [0.15, 0.2) is 24.3 Å². The monoisotopic (exact) mass is 293 g/mol. The van der Waals surface area contributed by atoms with Gasteiger partial charge in [0.25, 0.3) is 0 Å². The van der Waals surface area contributed by atoms with Gasteiger partial charge in [-0.15, -0.1) is 0 Å². The van der Waals surface area contributed by atoms with Crippen molar-refractivity contribution in [2.24, 2.45) is 11.7 Å². The Morgan fingerprint density at radius 3 is 2.95 bits per heavy atom. The highest BCUT2D eigenvalue weighted by molar-refractivity contribution is 5.81. The fourth-order valence-electron chi connectivity index (χ4n) is 3.05. The molecule has 0 bridgehead atoms. The summed E-state index contributed by atoms with van der Waals surface area (Å²) in [6, 6.07) is 7.38. The summed E-state index contributed by atoms with van der Waals surface area (Å²) in [4.78, 5) is 11.9. The highest BCUT2D eigenvalue weighted by Crippen LogP contribution is 2.37. The van der Waals surface area contributed by atoms with Crippen molar-refractivity contribution in [3.05, 3.63) is 29.8 Å². The van der Waals surface area contributed by atoms with E-state index in [0.29, 0.717) is 25.2 Å². The molecule has 0 aliphatic heterocycles. The first-order chi connectivity index (χ1) is 10.1. The average Bonchev–Trinajstić information content (AvgIpc) is 2.89. The molecule has 116 valence electrons. The Labute approximate surface area is 125 Å². The molecule has 5 nitrogen and oxygen atoms in total. The smallest absolute Gasteiger partial charge is 0.326 e. The number of aliphatic hydroxyl groups is 1. The SMILES string of the molecule is COC(=O)C1(N)CCCC1CCOc1ccccc1CO. The van der Waals surface area contributed by atoms with Crippen molar-refractivity contribution in [3.8, 4) is 5.75 Å². The summed E-state index contributed by atoms with van der Waals surface area (Å²) in [5.74, 6) is 0.422. The lowest BCUT2D eigenvalue weighted by atomic mass is 9.86. The summed E-state index contributed by atoms with van der Waals surface area (Å²) in [5, 5.41) is 9.26. The first-order valence-corrected chi connectivity index (χ1v) is 7.30. The zero-order chi connectivity index (χ0) is 15.3. The van der Waals surface area contributed by atoms with E-state index in [2.05, 4.69) is 0 Å². The highest BCUT2D eigenvalue weighted by atomic mass is 16.5. The van der Waals surface area contributed by atoms with E-state index in [-0.39, 0.29) is 18.5 Å². The first kappa shape index (κ1) is 15.8. The van der Waals surface area contributed by atoms with Gasteiger partial charge in [-0.25, -0.2) is 0 Å². The van der Waals surface area contributed by atoms with Crippen LogP contribution in [0.3, 0.4) is 0 Å². The Hall–Kier alpha value is -1.59. The molecule has 0 heterocycles. The second-order valence-electron chi connectivity index (χ2n) is 5.52. The van der Waals surface area contributed by atoms with Crippen LogP contribution < -0.4 is 10.5 Å². The van der Waals surface area contributed by atoms with Crippen LogP contribution in [-0.4, -0.2) is 30.3 Å². The quantitative estimate of drug-likeness (QED) is 0.779. The molecule has 0 radical (unpaired) electrons. The molecule has 1 fully saturated rings. The zero-order valence-corrected chi connectivity index (χ0v) is 12.4. The minimum Gasteiger partial charge on any atom is -0.493 e. The molecule has 1 aromatic rings. The number of hydrogen-bond donors (Lipinski definition) is 2. The van der Waals surface area contributed by atoms with Crippen LogP contribution in [0, 0.1) is 5.92 Å². The third kappa shape index (κ3) is 3.36. The lowest BCUT2D eigenvalue weighted by molar-refractivity contribution is -0.148. The number of para-hydroxylation sites is 1. The molecule has 0 amide bonds. The molecule has 1 saturated carbocycles. The van der Waals surface area contributed by atoms with E-state index in [1.54, 1.807) is 0 Å². The Bertz CT molecular complexity index is 491. The number of ether oxygens (including phenoxy) is 2. The Morgan fingerprint density at radius 2 is 2.24 bits per heavy atom. The third-order valence-electron chi connectivity index (χ3n) is 4.30. The predicted molar refractivity (Wildman–Crippen MR) is 78.8 cm³/mol. The molecule has 1 aliphatic rings.